The summed E-state index contributed by atoms with van der Waals surface area (Å²) < 4.78 is 34.6. The fourth-order valence-electron chi connectivity index (χ4n) is 3.54. The summed E-state index contributed by atoms with van der Waals surface area (Å²) in [6.07, 6.45) is 1.85. The molecule has 0 spiro atoms. The highest BCUT2D eigenvalue weighted by Gasteiger charge is 2.54. The minimum atomic E-state index is -1.06. The fourth-order valence-corrected chi connectivity index (χ4v) is 3.54. The normalized spacial score (nSPS) is 24.2. The van der Waals surface area contributed by atoms with Crippen LogP contribution >= 0.6 is 0 Å². The lowest BCUT2D eigenvalue weighted by molar-refractivity contribution is -0.160. The molecular weight excluding hydrogens is 346 g/mol. The van der Waals surface area contributed by atoms with Gasteiger partial charge in [-0.3, -0.25) is 4.79 Å². The number of ether oxygens (including phenoxy) is 3. The minimum absolute atomic E-state index is 0.0111. The van der Waals surface area contributed by atoms with E-state index in [1.807, 2.05) is 0 Å². The van der Waals surface area contributed by atoms with Crippen LogP contribution in [0.1, 0.15) is 41.1 Å². The number of benzene rings is 1. The average Bonchev–Trinajstić information content (AvgIpc) is 3.44. The smallest absolute Gasteiger partial charge is 0.526 e. The Morgan fingerprint density at radius 2 is 2.04 bits per heavy atom. The van der Waals surface area contributed by atoms with E-state index >= 15 is 0 Å². The van der Waals surface area contributed by atoms with Crippen molar-refractivity contribution in [1.82, 2.24) is 0 Å². The number of halogens is 1. The van der Waals surface area contributed by atoms with Crippen LogP contribution in [0.3, 0.4) is 0 Å². The number of carbonyl (C=O) groups excluding carboxylic acids is 2. The van der Waals surface area contributed by atoms with Gasteiger partial charge in [0.2, 0.25) is 6.79 Å². The highest BCUT2D eigenvalue weighted by molar-refractivity contribution is 6.48. The van der Waals surface area contributed by atoms with Gasteiger partial charge in [0.05, 0.1) is 5.92 Å². The third kappa shape index (κ3) is 3.17. The zero-order valence-corrected chi connectivity index (χ0v) is 14.0. The van der Waals surface area contributed by atoms with Crippen LogP contribution in [0.5, 0.6) is 5.75 Å². The van der Waals surface area contributed by atoms with Gasteiger partial charge < -0.3 is 23.9 Å². The average molecular weight is 364 g/mol. The molecule has 138 valence electrons. The molecule has 1 N–H and O–H groups in total. The van der Waals surface area contributed by atoms with Crippen LogP contribution in [0.25, 0.3) is 0 Å². The Morgan fingerprint density at radius 3 is 2.81 bits per heavy atom. The van der Waals surface area contributed by atoms with Crippen molar-refractivity contribution in [3.63, 3.8) is 0 Å². The maximum Gasteiger partial charge on any atom is 0.526 e. The predicted molar refractivity (Wildman–Crippen MR) is 86.0 cm³/mol. The first-order chi connectivity index (χ1) is 12.6. The van der Waals surface area contributed by atoms with E-state index in [1.54, 1.807) is 6.07 Å². The van der Waals surface area contributed by atoms with E-state index in [2.05, 4.69) is 0 Å². The van der Waals surface area contributed by atoms with Crippen molar-refractivity contribution in [3.8, 4) is 5.75 Å². The van der Waals surface area contributed by atoms with Gasteiger partial charge in [0.15, 0.2) is 0 Å². The van der Waals surface area contributed by atoms with Crippen molar-refractivity contribution < 1.29 is 37.9 Å². The molecule has 1 saturated heterocycles. The van der Waals surface area contributed by atoms with E-state index in [9.17, 15) is 19.0 Å². The number of rotatable bonds is 4. The summed E-state index contributed by atoms with van der Waals surface area (Å²) in [5.74, 6) is -2.50. The highest BCUT2D eigenvalue weighted by atomic mass is 19.1. The van der Waals surface area contributed by atoms with E-state index in [1.165, 1.54) is 6.07 Å². The van der Waals surface area contributed by atoms with Crippen molar-refractivity contribution in [2.24, 2.45) is 5.92 Å². The molecule has 1 aliphatic carbocycles. The molecule has 3 aliphatic rings. The Hall–Kier alpha value is -2.13. The molecule has 9 heteroatoms. The lowest BCUT2D eigenvalue weighted by Gasteiger charge is -2.22. The lowest BCUT2D eigenvalue weighted by Crippen LogP contribution is -2.28. The van der Waals surface area contributed by atoms with Gasteiger partial charge in [-0.1, -0.05) is 6.07 Å². The second-order valence-corrected chi connectivity index (χ2v) is 6.75. The largest absolute Gasteiger partial charge is 0.535 e. The number of fused-ring (bicyclic) bond motifs is 3. The number of esters is 2. The van der Waals surface area contributed by atoms with Crippen molar-refractivity contribution in [2.75, 3.05) is 20.0 Å². The minimum Gasteiger partial charge on any atom is -0.535 e. The van der Waals surface area contributed by atoms with Gasteiger partial charge >= 0.3 is 19.1 Å². The van der Waals surface area contributed by atoms with E-state index in [4.69, 9.17) is 18.9 Å². The Kier molecular flexibility index (Phi) is 4.58. The summed E-state index contributed by atoms with van der Waals surface area (Å²) in [6.45, 7) is 0.373. The monoisotopic (exact) mass is 364 g/mol. The third-order valence-corrected chi connectivity index (χ3v) is 5.13. The number of hydrogen-bond acceptors (Lipinski definition) is 7. The molecule has 1 saturated carbocycles. The SMILES string of the molecule is O=C(OCOC(=O)C1CCOCC1)c1c(F)ccc2c1OB(O)[C@@H]1C[C@H]21. The third-order valence-electron chi connectivity index (χ3n) is 5.13. The summed E-state index contributed by atoms with van der Waals surface area (Å²) in [4.78, 5) is 24.2. The predicted octanol–water partition coefficient (Wildman–Crippen LogP) is 1.64. The van der Waals surface area contributed by atoms with Crippen molar-refractivity contribution in [2.45, 2.75) is 31.0 Å². The van der Waals surface area contributed by atoms with Crippen LogP contribution in [0.15, 0.2) is 12.1 Å². The van der Waals surface area contributed by atoms with Crippen LogP contribution in [0.2, 0.25) is 5.82 Å². The molecule has 0 unspecified atom stereocenters. The molecule has 1 aromatic carbocycles. The quantitative estimate of drug-likeness (QED) is 0.493. The molecule has 0 radical (unpaired) electrons. The molecule has 2 aliphatic heterocycles. The summed E-state index contributed by atoms with van der Waals surface area (Å²) in [5, 5.41) is 9.88. The molecule has 0 bridgehead atoms. The van der Waals surface area contributed by atoms with Gasteiger partial charge in [-0.15, -0.1) is 0 Å². The van der Waals surface area contributed by atoms with E-state index in [0.717, 1.165) is 6.42 Å². The Bertz CT molecular complexity index is 734. The first kappa shape index (κ1) is 17.3. The van der Waals surface area contributed by atoms with Gasteiger partial charge in [0, 0.05) is 19.0 Å². The highest BCUT2D eigenvalue weighted by Crippen LogP contribution is 2.60. The standard InChI is InChI=1S/C17H18BFO7/c19-13-2-1-10-11-7-12(11)18(22)26-15(10)14(13)17(21)25-8-24-16(20)9-3-5-23-6-4-9/h1-2,9,11-12,22H,3-8H2/t11-,12-/m1/s1. The van der Waals surface area contributed by atoms with Gasteiger partial charge in [0.1, 0.15) is 17.1 Å². The molecular formula is C17H18BFO7. The lowest BCUT2D eigenvalue weighted by atomic mass is 9.77. The van der Waals surface area contributed by atoms with Crippen molar-refractivity contribution >= 4 is 19.1 Å². The van der Waals surface area contributed by atoms with E-state index < -0.39 is 31.7 Å². The number of hydrogen-bond donors (Lipinski definition) is 1. The van der Waals surface area contributed by atoms with Crippen LogP contribution in [0.4, 0.5) is 4.39 Å². The van der Waals surface area contributed by atoms with E-state index in [0.29, 0.717) is 31.6 Å². The maximum absolute atomic E-state index is 14.2. The molecule has 4 rings (SSSR count). The molecule has 2 atom stereocenters. The van der Waals surface area contributed by atoms with Gasteiger partial charge in [-0.05, 0) is 36.8 Å². The second-order valence-electron chi connectivity index (χ2n) is 6.75. The summed E-state index contributed by atoms with van der Waals surface area (Å²) >= 11 is 0. The van der Waals surface area contributed by atoms with Crippen LogP contribution in [0, 0.1) is 11.7 Å². The van der Waals surface area contributed by atoms with Crippen molar-refractivity contribution in [3.05, 3.63) is 29.1 Å². The van der Waals surface area contributed by atoms with Crippen LogP contribution in [-0.2, 0) is 19.0 Å². The Labute approximate surface area is 149 Å². The van der Waals surface area contributed by atoms with Gasteiger partial charge in [-0.2, -0.15) is 0 Å². The maximum atomic E-state index is 14.2. The topological polar surface area (TPSA) is 91.3 Å². The number of carbonyl (C=O) groups is 2. The molecule has 2 heterocycles. The molecule has 1 aromatic rings. The first-order valence-electron chi connectivity index (χ1n) is 8.65. The Morgan fingerprint density at radius 1 is 1.27 bits per heavy atom. The molecule has 7 nitrogen and oxygen atoms in total. The molecule has 0 aromatic heterocycles. The molecule has 2 fully saturated rings. The van der Waals surface area contributed by atoms with Crippen LogP contribution < -0.4 is 4.65 Å². The summed E-state index contributed by atoms with van der Waals surface area (Å²) in [5.41, 5.74) is 0.307. The van der Waals surface area contributed by atoms with Crippen molar-refractivity contribution in [1.29, 1.82) is 0 Å². The van der Waals surface area contributed by atoms with Crippen LogP contribution in [-0.4, -0.2) is 44.1 Å². The van der Waals surface area contributed by atoms with Gasteiger partial charge in [-0.25, -0.2) is 9.18 Å². The molecule has 26 heavy (non-hydrogen) atoms. The van der Waals surface area contributed by atoms with E-state index in [-0.39, 0.29) is 29.0 Å². The van der Waals surface area contributed by atoms with Gasteiger partial charge in [0.25, 0.3) is 0 Å². The summed E-state index contributed by atoms with van der Waals surface area (Å²) in [6, 6.07) is 2.74. The fraction of sp³-hybridized carbons (Fsp3) is 0.529. The molecule has 0 amide bonds. The summed E-state index contributed by atoms with van der Waals surface area (Å²) in [7, 11) is -1.06. The first-order valence-corrected chi connectivity index (χ1v) is 8.65. The Balaban J connectivity index is 1.41. The zero-order chi connectivity index (χ0) is 18.3. The zero-order valence-electron chi connectivity index (χ0n) is 14.0. The second kappa shape index (κ2) is 6.88.